The summed E-state index contributed by atoms with van der Waals surface area (Å²) in [7, 11) is 0. The smallest absolute Gasteiger partial charge is 0.416 e. The van der Waals surface area contributed by atoms with Crippen molar-refractivity contribution in [2.75, 3.05) is 0 Å². The van der Waals surface area contributed by atoms with Crippen LogP contribution >= 0.6 is 15.9 Å². The average Bonchev–Trinajstić information content (AvgIpc) is 2.41. The van der Waals surface area contributed by atoms with Gasteiger partial charge < -0.3 is 4.42 Å². The van der Waals surface area contributed by atoms with Crippen LogP contribution in [0.1, 0.15) is 5.56 Å². The molecule has 14 heavy (non-hydrogen) atoms. The molecule has 0 spiro atoms. The van der Waals surface area contributed by atoms with Crippen molar-refractivity contribution in [1.29, 1.82) is 0 Å². The van der Waals surface area contributed by atoms with Crippen molar-refractivity contribution in [1.82, 2.24) is 0 Å². The van der Waals surface area contributed by atoms with Gasteiger partial charge in [0.15, 0.2) is 4.67 Å². The van der Waals surface area contributed by atoms with Gasteiger partial charge in [0.05, 0.1) is 5.56 Å². The van der Waals surface area contributed by atoms with Crippen molar-refractivity contribution in [3.8, 4) is 0 Å². The highest BCUT2D eigenvalue weighted by atomic mass is 79.9. The Morgan fingerprint density at radius 3 is 2.50 bits per heavy atom. The summed E-state index contributed by atoms with van der Waals surface area (Å²) in [5, 5.41) is 0.643. The van der Waals surface area contributed by atoms with Crippen LogP contribution < -0.4 is 0 Å². The van der Waals surface area contributed by atoms with Crippen LogP contribution in [0, 0.1) is 0 Å². The Bertz CT molecular complexity index is 472. The van der Waals surface area contributed by atoms with Crippen molar-refractivity contribution in [2.45, 2.75) is 6.18 Å². The lowest BCUT2D eigenvalue weighted by atomic mass is 10.2. The van der Waals surface area contributed by atoms with Crippen molar-refractivity contribution in [2.24, 2.45) is 0 Å². The number of fused-ring (bicyclic) bond motifs is 1. The minimum Gasteiger partial charge on any atom is -0.449 e. The molecule has 0 amide bonds. The van der Waals surface area contributed by atoms with Gasteiger partial charge in [-0.15, -0.1) is 0 Å². The summed E-state index contributed by atoms with van der Waals surface area (Å²) >= 11 is 3.05. The van der Waals surface area contributed by atoms with Crippen LogP contribution in [-0.2, 0) is 6.18 Å². The van der Waals surface area contributed by atoms with Crippen LogP contribution in [0.25, 0.3) is 11.0 Å². The molecular formula is C9H4BrF3O. The first-order valence-electron chi connectivity index (χ1n) is 3.73. The number of benzene rings is 1. The van der Waals surface area contributed by atoms with Gasteiger partial charge in [-0.2, -0.15) is 13.2 Å². The number of halogens is 4. The molecule has 5 heteroatoms. The van der Waals surface area contributed by atoms with E-state index >= 15 is 0 Å². The van der Waals surface area contributed by atoms with E-state index in [-0.39, 0.29) is 5.58 Å². The van der Waals surface area contributed by atoms with Crippen molar-refractivity contribution in [3.63, 3.8) is 0 Å². The summed E-state index contributed by atoms with van der Waals surface area (Å²) in [4.78, 5) is 0. The third-order valence-corrected chi connectivity index (χ3v) is 2.21. The Kier molecular flexibility index (Phi) is 2.06. The molecule has 0 unspecified atom stereocenters. The van der Waals surface area contributed by atoms with Gasteiger partial charge in [-0.1, -0.05) is 6.07 Å². The highest BCUT2D eigenvalue weighted by molar-refractivity contribution is 9.10. The predicted molar refractivity (Wildman–Crippen MR) is 48.9 cm³/mol. The first-order chi connectivity index (χ1) is 6.47. The highest BCUT2D eigenvalue weighted by Gasteiger charge is 2.30. The molecule has 1 aromatic heterocycles. The maximum Gasteiger partial charge on any atom is 0.416 e. The fourth-order valence-corrected chi connectivity index (χ4v) is 1.60. The molecule has 2 rings (SSSR count). The quantitative estimate of drug-likeness (QED) is 0.695. The zero-order valence-corrected chi connectivity index (χ0v) is 8.32. The van der Waals surface area contributed by atoms with E-state index in [2.05, 4.69) is 15.9 Å². The molecule has 0 fully saturated rings. The molecule has 0 radical (unpaired) electrons. The van der Waals surface area contributed by atoms with E-state index in [4.69, 9.17) is 4.42 Å². The number of alkyl halides is 3. The lowest BCUT2D eigenvalue weighted by molar-refractivity contribution is -0.137. The Balaban J connectivity index is 2.62. The first-order valence-corrected chi connectivity index (χ1v) is 4.52. The SMILES string of the molecule is FC(F)(F)c1ccc2cc(Br)oc2c1. The predicted octanol–water partition coefficient (Wildman–Crippen LogP) is 4.21. The van der Waals surface area contributed by atoms with Crippen LogP contribution in [0.4, 0.5) is 13.2 Å². The molecular weight excluding hydrogens is 261 g/mol. The van der Waals surface area contributed by atoms with Gasteiger partial charge in [0.25, 0.3) is 0 Å². The van der Waals surface area contributed by atoms with Crippen LogP contribution in [0.2, 0.25) is 0 Å². The second-order valence-corrected chi connectivity index (χ2v) is 3.58. The van der Waals surface area contributed by atoms with Gasteiger partial charge in [0, 0.05) is 5.39 Å². The zero-order valence-electron chi connectivity index (χ0n) is 6.73. The van der Waals surface area contributed by atoms with Crippen LogP contribution in [0.15, 0.2) is 33.4 Å². The maximum absolute atomic E-state index is 12.3. The van der Waals surface area contributed by atoms with E-state index in [0.29, 0.717) is 10.1 Å². The van der Waals surface area contributed by atoms with E-state index in [1.54, 1.807) is 6.07 Å². The van der Waals surface area contributed by atoms with E-state index in [0.717, 1.165) is 12.1 Å². The van der Waals surface area contributed by atoms with Gasteiger partial charge in [-0.25, -0.2) is 0 Å². The van der Waals surface area contributed by atoms with E-state index in [9.17, 15) is 13.2 Å². The Morgan fingerprint density at radius 1 is 1.14 bits per heavy atom. The Hall–Kier alpha value is -0.970. The lowest BCUT2D eigenvalue weighted by Gasteiger charge is -2.04. The van der Waals surface area contributed by atoms with E-state index in [1.165, 1.54) is 6.07 Å². The number of hydrogen-bond acceptors (Lipinski definition) is 1. The normalized spacial score (nSPS) is 12.3. The summed E-state index contributed by atoms with van der Waals surface area (Å²) < 4.78 is 42.3. The van der Waals surface area contributed by atoms with E-state index in [1.807, 2.05) is 0 Å². The third-order valence-electron chi connectivity index (χ3n) is 1.82. The molecule has 0 N–H and O–H groups in total. The molecule has 0 saturated carbocycles. The van der Waals surface area contributed by atoms with Crippen LogP contribution in [0.5, 0.6) is 0 Å². The number of hydrogen-bond donors (Lipinski definition) is 0. The molecule has 0 saturated heterocycles. The Morgan fingerprint density at radius 2 is 1.86 bits per heavy atom. The summed E-state index contributed by atoms with van der Waals surface area (Å²) in [6.45, 7) is 0. The van der Waals surface area contributed by atoms with Crippen LogP contribution in [0.3, 0.4) is 0 Å². The zero-order chi connectivity index (χ0) is 10.3. The second kappa shape index (κ2) is 3.02. The van der Waals surface area contributed by atoms with Gasteiger partial charge in [-0.3, -0.25) is 0 Å². The molecule has 0 aliphatic heterocycles. The second-order valence-electron chi connectivity index (χ2n) is 2.80. The number of furan rings is 1. The fourth-order valence-electron chi connectivity index (χ4n) is 1.18. The minimum atomic E-state index is -4.33. The summed E-state index contributed by atoms with van der Waals surface area (Å²) in [6.07, 6.45) is -4.33. The summed E-state index contributed by atoms with van der Waals surface area (Å²) in [5.74, 6) is 0. The van der Waals surface area contributed by atoms with E-state index < -0.39 is 11.7 Å². The first kappa shape index (κ1) is 9.58. The monoisotopic (exact) mass is 264 g/mol. The van der Waals surface area contributed by atoms with Gasteiger partial charge in [0.2, 0.25) is 0 Å². The van der Waals surface area contributed by atoms with Crippen molar-refractivity contribution >= 4 is 26.9 Å². The van der Waals surface area contributed by atoms with Crippen molar-refractivity contribution < 1.29 is 17.6 Å². The molecule has 0 aliphatic rings. The summed E-state index contributed by atoms with van der Waals surface area (Å²) in [5.41, 5.74) is -0.474. The summed E-state index contributed by atoms with van der Waals surface area (Å²) in [6, 6.07) is 5.02. The molecule has 74 valence electrons. The maximum atomic E-state index is 12.3. The molecule has 1 heterocycles. The van der Waals surface area contributed by atoms with Crippen molar-refractivity contribution in [3.05, 3.63) is 34.5 Å². The topological polar surface area (TPSA) is 13.1 Å². The fraction of sp³-hybridized carbons (Fsp3) is 0.111. The van der Waals surface area contributed by atoms with Gasteiger partial charge >= 0.3 is 6.18 Å². The lowest BCUT2D eigenvalue weighted by Crippen LogP contribution is -2.03. The molecule has 2 aromatic rings. The van der Waals surface area contributed by atoms with Gasteiger partial charge in [-0.05, 0) is 34.1 Å². The molecule has 1 nitrogen and oxygen atoms in total. The Labute approximate surface area is 85.6 Å². The third kappa shape index (κ3) is 1.64. The molecule has 0 bridgehead atoms. The average molecular weight is 265 g/mol. The molecule has 1 aromatic carbocycles. The molecule has 0 atom stereocenters. The van der Waals surface area contributed by atoms with Crippen LogP contribution in [-0.4, -0.2) is 0 Å². The number of rotatable bonds is 0. The molecule has 0 aliphatic carbocycles. The highest BCUT2D eigenvalue weighted by Crippen LogP contribution is 2.33. The standard InChI is InChI=1S/C9H4BrF3O/c10-8-3-5-1-2-6(9(11,12)13)4-7(5)14-8/h1-4H. The largest absolute Gasteiger partial charge is 0.449 e. The van der Waals surface area contributed by atoms with Gasteiger partial charge in [0.1, 0.15) is 5.58 Å². The minimum absolute atomic E-state index is 0.228.